The lowest BCUT2D eigenvalue weighted by Crippen LogP contribution is -2.17. The number of para-hydroxylation sites is 1. The van der Waals surface area contributed by atoms with E-state index in [1.54, 1.807) is 0 Å². The highest BCUT2D eigenvalue weighted by Gasteiger charge is 2.16. The van der Waals surface area contributed by atoms with E-state index in [2.05, 4.69) is 96.4 Å². The summed E-state index contributed by atoms with van der Waals surface area (Å²) in [6.07, 6.45) is 11.0. The normalized spacial score (nSPS) is 15.6. The molecule has 0 heterocycles. The molecular formula is C28H30NOP. The molecule has 1 aliphatic carbocycles. The zero-order valence-corrected chi connectivity index (χ0v) is 19.1. The predicted molar refractivity (Wildman–Crippen MR) is 134 cm³/mol. The van der Waals surface area contributed by atoms with Crippen LogP contribution in [0.15, 0.2) is 97.1 Å². The summed E-state index contributed by atoms with van der Waals surface area (Å²) in [5, 5.41) is 5.95. The zero-order valence-electron chi connectivity index (χ0n) is 18.1. The molecule has 2 unspecified atom stereocenters. The number of hydrogen-bond donors (Lipinski definition) is 1. The third kappa shape index (κ3) is 5.94. The second kappa shape index (κ2) is 11.1. The maximum atomic E-state index is 6.52. The first-order valence-corrected chi connectivity index (χ1v) is 11.9. The summed E-state index contributed by atoms with van der Waals surface area (Å²) in [6.45, 7) is 1.47. The molecule has 0 bridgehead atoms. The highest BCUT2D eigenvalue weighted by molar-refractivity contribution is 7.55. The molecule has 4 rings (SSSR count). The van der Waals surface area contributed by atoms with Gasteiger partial charge in [-0.25, -0.2) is 0 Å². The average molecular weight is 428 g/mol. The molecule has 31 heavy (non-hydrogen) atoms. The Morgan fingerprint density at radius 2 is 1.65 bits per heavy atom. The van der Waals surface area contributed by atoms with Crippen LogP contribution in [0.2, 0.25) is 0 Å². The maximum absolute atomic E-state index is 6.52. The largest absolute Gasteiger partial charge is 0.488 e. The van der Waals surface area contributed by atoms with Crippen molar-refractivity contribution in [2.75, 3.05) is 7.05 Å². The molecule has 3 heteroatoms. The van der Waals surface area contributed by atoms with Crippen molar-refractivity contribution in [1.29, 1.82) is 0 Å². The van der Waals surface area contributed by atoms with Crippen LogP contribution in [0.4, 0.5) is 0 Å². The number of ether oxygens (including phenoxy) is 1. The Bertz CT molecular complexity index is 1040. The van der Waals surface area contributed by atoms with Crippen LogP contribution in [-0.2, 0) is 19.6 Å². The Balaban J connectivity index is 1.63. The van der Waals surface area contributed by atoms with Gasteiger partial charge >= 0.3 is 0 Å². The van der Waals surface area contributed by atoms with E-state index >= 15 is 0 Å². The maximum Gasteiger partial charge on any atom is 0.130 e. The molecule has 1 N–H and O–H groups in total. The van der Waals surface area contributed by atoms with Crippen LogP contribution in [0.1, 0.15) is 23.1 Å². The molecule has 0 spiro atoms. The van der Waals surface area contributed by atoms with Crippen LogP contribution < -0.4 is 20.7 Å². The van der Waals surface area contributed by atoms with Crippen molar-refractivity contribution in [3.8, 4) is 5.75 Å². The quantitative estimate of drug-likeness (QED) is 0.469. The van der Waals surface area contributed by atoms with Gasteiger partial charge in [0.05, 0.1) is 0 Å². The fourth-order valence-corrected chi connectivity index (χ4v) is 5.27. The van der Waals surface area contributed by atoms with Gasteiger partial charge in [0.15, 0.2) is 0 Å². The Morgan fingerprint density at radius 3 is 2.45 bits per heavy atom. The van der Waals surface area contributed by atoms with Crippen LogP contribution in [0.25, 0.3) is 0 Å². The van der Waals surface area contributed by atoms with Crippen molar-refractivity contribution < 1.29 is 4.74 Å². The highest BCUT2D eigenvalue weighted by Crippen LogP contribution is 2.29. The van der Waals surface area contributed by atoms with Gasteiger partial charge in [0.25, 0.3) is 0 Å². The molecule has 1 aliphatic rings. The molecule has 2 nitrogen and oxygen atoms in total. The molecule has 158 valence electrons. The van der Waals surface area contributed by atoms with Crippen molar-refractivity contribution in [3.05, 3.63) is 114 Å². The lowest BCUT2D eigenvalue weighted by molar-refractivity contribution is 0.304. The number of nitrogens with one attached hydrogen (secondary N) is 1. The van der Waals surface area contributed by atoms with E-state index in [0.717, 1.165) is 25.1 Å². The van der Waals surface area contributed by atoms with Crippen LogP contribution in [-0.4, -0.2) is 7.05 Å². The van der Waals surface area contributed by atoms with Crippen LogP contribution in [0.3, 0.4) is 0 Å². The van der Waals surface area contributed by atoms with E-state index < -0.39 is 0 Å². The Hall–Kier alpha value is -2.67. The molecule has 3 aromatic carbocycles. The summed E-state index contributed by atoms with van der Waals surface area (Å²) in [7, 11) is 2.56. The fourth-order valence-electron chi connectivity index (χ4n) is 3.94. The van der Waals surface area contributed by atoms with Crippen molar-refractivity contribution in [1.82, 2.24) is 5.32 Å². The third-order valence-electron chi connectivity index (χ3n) is 5.53. The molecule has 2 atom stereocenters. The second-order valence-corrected chi connectivity index (χ2v) is 9.22. The van der Waals surface area contributed by atoms with Crippen molar-refractivity contribution >= 4 is 19.2 Å². The van der Waals surface area contributed by atoms with Crippen LogP contribution in [0, 0.1) is 5.92 Å². The summed E-state index contributed by atoms with van der Waals surface area (Å²) < 4.78 is 6.52. The summed E-state index contributed by atoms with van der Waals surface area (Å²) in [6, 6.07) is 25.8. The van der Waals surface area contributed by atoms with Crippen molar-refractivity contribution in [2.24, 2.45) is 5.92 Å². The van der Waals surface area contributed by atoms with Crippen LogP contribution in [0.5, 0.6) is 5.75 Å². The number of benzene rings is 3. The fraction of sp³-hybridized carbons (Fsp3) is 0.214. The van der Waals surface area contributed by atoms with Gasteiger partial charge < -0.3 is 10.1 Å². The summed E-state index contributed by atoms with van der Waals surface area (Å²) in [5.41, 5.74) is 3.85. The molecule has 0 saturated carbocycles. The minimum absolute atomic E-state index is 0.527. The smallest absolute Gasteiger partial charge is 0.130 e. The average Bonchev–Trinajstić information content (AvgIpc) is 2.81. The van der Waals surface area contributed by atoms with Crippen LogP contribution >= 0.6 is 8.58 Å². The standard InChI is InChI=1S/C28H30NOP/c1-29-20-25-15-8-9-17-26(25)31-27-18-10-16-24(19-22-11-4-2-5-12-22)28(27)30-21-23-13-6-3-7-14-23/h2-11,13-18,22,29,31H,12,19-21H2,1H3. The number of rotatable bonds is 9. The van der Waals surface area contributed by atoms with E-state index in [4.69, 9.17) is 4.74 Å². The molecule has 3 aromatic rings. The Morgan fingerprint density at radius 1 is 0.871 bits per heavy atom. The van der Waals surface area contributed by atoms with Gasteiger partial charge in [-0.05, 0) is 47.8 Å². The minimum atomic E-state index is 0.527. The monoisotopic (exact) mass is 427 g/mol. The van der Waals surface area contributed by atoms with Crippen molar-refractivity contribution in [2.45, 2.75) is 26.0 Å². The Kier molecular flexibility index (Phi) is 7.71. The molecule has 0 aromatic heterocycles. The molecule has 0 fully saturated rings. The van der Waals surface area contributed by atoms with E-state index in [0.29, 0.717) is 21.1 Å². The molecule has 0 saturated heterocycles. The van der Waals surface area contributed by atoms with E-state index in [-0.39, 0.29) is 0 Å². The minimum Gasteiger partial charge on any atom is -0.488 e. The SMILES string of the molecule is CNCc1ccccc1Pc1cccc(CC2C=CC=CC2)c1OCc1ccccc1. The van der Waals surface area contributed by atoms with Crippen molar-refractivity contribution in [3.63, 3.8) is 0 Å². The highest BCUT2D eigenvalue weighted by atomic mass is 31.1. The van der Waals surface area contributed by atoms with E-state index in [1.165, 1.54) is 27.3 Å². The molecule has 0 aliphatic heterocycles. The molecular weight excluding hydrogens is 397 g/mol. The van der Waals surface area contributed by atoms with Gasteiger partial charge in [0, 0.05) is 11.8 Å². The number of hydrogen-bond acceptors (Lipinski definition) is 2. The number of allylic oxidation sites excluding steroid dienone is 4. The van der Waals surface area contributed by atoms with E-state index in [1.807, 2.05) is 13.1 Å². The van der Waals surface area contributed by atoms with Gasteiger partial charge in [-0.3, -0.25) is 0 Å². The Labute approximate surface area is 187 Å². The topological polar surface area (TPSA) is 21.3 Å². The molecule has 0 radical (unpaired) electrons. The lowest BCUT2D eigenvalue weighted by atomic mass is 9.93. The summed E-state index contributed by atoms with van der Waals surface area (Å²) in [5.74, 6) is 1.59. The van der Waals surface area contributed by atoms with Gasteiger partial charge in [-0.1, -0.05) is 106 Å². The van der Waals surface area contributed by atoms with Gasteiger partial charge in [0.1, 0.15) is 12.4 Å². The van der Waals surface area contributed by atoms with Gasteiger partial charge in [0.2, 0.25) is 0 Å². The second-order valence-electron chi connectivity index (χ2n) is 7.89. The zero-order chi connectivity index (χ0) is 21.3. The first kappa shape index (κ1) is 21.6. The van der Waals surface area contributed by atoms with Gasteiger partial charge in [-0.15, -0.1) is 0 Å². The third-order valence-corrected chi connectivity index (χ3v) is 6.95. The predicted octanol–water partition coefficient (Wildman–Crippen LogP) is 5.29. The first-order valence-electron chi connectivity index (χ1n) is 10.9. The molecule has 0 amide bonds. The summed E-state index contributed by atoms with van der Waals surface area (Å²) >= 11 is 0. The summed E-state index contributed by atoms with van der Waals surface area (Å²) in [4.78, 5) is 0. The van der Waals surface area contributed by atoms with Gasteiger partial charge in [-0.2, -0.15) is 0 Å². The van der Waals surface area contributed by atoms with E-state index in [9.17, 15) is 0 Å². The lowest BCUT2D eigenvalue weighted by Gasteiger charge is -2.20. The first-order chi connectivity index (χ1) is 15.3.